The minimum absolute atomic E-state index is 0.193. The molecule has 2 aliphatic rings. The van der Waals surface area contributed by atoms with Crippen LogP contribution in [0.25, 0.3) is 11.4 Å². The van der Waals surface area contributed by atoms with Gasteiger partial charge in [0.15, 0.2) is 5.69 Å². The molecule has 1 aliphatic carbocycles. The van der Waals surface area contributed by atoms with Crippen molar-refractivity contribution < 1.29 is 14.3 Å². The highest BCUT2D eigenvalue weighted by atomic mass is 16.6. The summed E-state index contributed by atoms with van der Waals surface area (Å²) in [6, 6.07) is 7.97. The van der Waals surface area contributed by atoms with Gasteiger partial charge in [-0.05, 0) is 64.2 Å². The van der Waals surface area contributed by atoms with Gasteiger partial charge in [-0.25, -0.2) is 14.2 Å². The highest BCUT2D eigenvalue weighted by Crippen LogP contribution is 2.40. The minimum Gasteiger partial charge on any atom is -0.444 e. The van der Waals surface area contributed by atoms with E-state index in [-0.39, 0.29) is 23.7 Å². The molecule has 0 spiro atoms. The molecule has 1 saturated heterocycles. The number of amides is 2. The minimum atomic E-state index is -0.577. The predicted molar refractivity (Wildman–Crippen MR) is 133 cm³/mol. The Morgan fingerprint density at radius 2 is 1.92 bits per heavy atom. The van der Waals surface area contributed by atoms with E-state index in [1.54, 1.807) is 33.1 Å². The molecule has 11 nitrogen and oxygen atoms in total. The second-order valence-electron chi connectivity index (χ2n) is 10.6. The van der Waals surface area contributed by atoms with Gasteiger partial charge in [0.2, 0.25) is 0 Å². The molecule has 0 unspecified atom stereocenters. The van der Waals surface area contributed by atoms with Gasteiger partial charge in [0.05, 0.1) is 29.8 Å². The Morgan fingerprint density at radius 1 is 1.14 bits per heavy atom. The summed E-state index contributed by atoms with van der Waals surface area (Å²) in [5, 5.41) is 22.2. The SMILES string of the molecule is C[C@H]1CN(C(=O)c2cn(-c3cnn(-c4ccc(C5CC5)cc4C#N)c3)nn2)CCN1C(=O)OC(C)(C)C. The second kappa shape index (κ2) is 9.35. The van der Waals surface area contributed by atoms with Crippen LogP contribution < -0.4 is 0 Å². The molecule has 2 aromatic heterocycles. The Balaban J connectivity index is 1.27. The number of ether oxygens (including phenoxy) is 1. The summed E-state index contributed by atoms with van der Waals surface area (Å²) >= 11 is 0. The van der Waals surface area contributed by atoms with Crippen molar-refractivity contribution in [1.29, 1.82) is 5.26 Å². The standard InChI is InChI=1S/C26H30N8O3/c1-17-14-31(9-10-32(17)25(36)37-26(2,3)4)24(35)22-16-33(30-29-22)21-13-28-34(15-21)23-8-7-19(18-5-6-18)11-20(23)12-27/h7-8,11,13,15-18H,5-6,9-10,14H2,1-4H3/t17-/m0/s1. The molecule has 1 saturated carbocycles. The zero-order chi connectivity index (χ0) is 26.3. The maximum atomic E-state index is 13.1. The molecule has 0 bridgehead atoms. The number of carbonyl (C=O) groups excluding carboxylic acids is 2. The average molecular weight is 503 g/mol. The van der Waals surface area contributed by atoms with E-state index in [2.05, 4.69) is 21.5 Å². The highest BCUT2D eigenvalue weighted by Gasteiger charge is 2.33. The number of nitriles is 1. The van der Waals surface area contributed by atoms with Crippen LogP contribution in [-0.4, -0.2) is 77.9 Å². The van der Waals surface area contributed by atoms with Crippen molar-refractivity contribution in [2.75, 3.05) is 19.6 Å². The van der Waals surface area contributed by atoms with Gasteiger partial charge in [-0.15, -0.1) is 5.10 Å². The van der Waals surface area contributed by atoms with Gasteiger partial charge in [-0.2, -0.15) is 10.4 Å². The van der Waals surface area contributed by atoms with Gasteiger partial charge in [-0.1, -0.05) is 11.3 Å². The van der Waals surface area contributed by atoms with E-state index in [0.29, 0.717) is 42.5 Å². The normalized spacial score (nSPS) is 18.0. The van der Waals surface area contributed by atoms with Crippen LogP contribution in [0.3, 0.4) is 0 Å². The average Bonchev–Trinajstić information content (AvgIpc) is 3.38. The number of hydrogen-bond acceptors (Lipinski definition) is 7. The summed E-state index contributed by atoms with van der Waals surface area (Å²) in [6.45, 7) is 8.50. The number of aromatic nitrogens is 5. The van der Waals surface area contributed by atoms with Crippen LogP contribution >= 0.6 is 0 Å². The zero-order valence-electron chi connectivity index (χ0n) is 21.5. The van der Waals surface area contributed by atoms with E-state index in [9.17, 15) is 14.9 Å². The van der Waals surface area contributed by atoms with Crippen molar-refractivity contribution >= 4 is 12.0 Å². The van der Waals surface area contributed by atoms with Crippen molar-refractivity contribution in [2.45, 2.75) is 58.1 Å². The molecule has 3 heterocycles. The molecule has 1 aliphatic heterocycles. The molecular weight excluding hydrogens is 472 g/mol. The van der Waals surface area contributed by atoms with E-state index in [4.69, 9.17) is 4.74 Å². The first-order valence-corrected chi connectivity index (χ1v) is 12.4. The van der Waals surface area contributed by atoms with Crippen molar-refractivity contribution in [2.24, 2.45) is 0 Å². The van der Waals surface area contributed by atoms with Crippen molar-refractivity contribution in [3.63, 3.8) is 0 Å². The third-order valence-corrected chi connectivity index (χ3v) is 6.53. The zero-order valence-corrected chi connectivity index (χ0v) is 21.5. The third-order valence-electron chi connectivity index (χ3n) is 6.53. The molecule has 5 rings (SSSR count). The molecule has 1 atom stereocenters. The third kappa shape index (κ3) is 5.18. The fraction of sp³-hybridized carbons (Fsp3) is 0.462. The van der Waals surface area contributed by atoms with Crippen LogP contribution in [0, 0.1) is 11.3 Å². The number of nitrogens with zero attached hydrogens (tertiary/aromatic N) is 8. The molecular formula is C26H30N8O3. The number of hydrogen-bond donors (Lipinski definition) is 0. The van der Waals surface area contributed by atoms with Gasteiger partial charge in [-0.3, -0.25) is 4.79 Å². The number of rotatable bonds is 4. The Morgan fingerprint density at radius 3 is 2.59 bits per heavy atom. The summed E-state index contributed by atoms with van der Waals surface area (Å²) in [6.07, 6.45) is 6.88. The van der Waals surface area contributed by atoms with Gasteiger partial charge in [0.25, 0.3) is 5.91 Å². The number of carbonyl (C=O) groups is 2. The number of piperazine rings is 1. The summed E-state index contributed by atoms with van der Waals surface area (Å²) < 4.78 is 8.60. The smallest absolute Gasteiger partial charge is 0.410 e. The summed E-state index contributed by atoms with van der Waals surface area (Å²) in [5.41, 5.74) is 2.68. The first kappa shape index (κ1) is 24.5. The fourth-order valence-corrected chi connectivity index (χ4v) is 4.46. The van der Waals surface area contributed by atoms with Crippen LogP contribution in [0.5, 0.6) is 0 Å². The lowest BCUT2D eigenvalue weighted by Gasteiger charge is -2.39. The van der Waals surface area contributed by atoms with Crippen LogP contribution in [0.4, 0.5) is 4.79 Å². The molecule has 3 aromatic rings. The van der Waals surface area contributed by atoms with E-state index >= 15 is 0 Å². The molecule has 37 heavy (non-hydrogen) atoms. The Bertz CT molecular complexity index is 1370. The molecule has 2 amide bonds. The van der Waals surface area contributed by atoms with Gasteiger partial charge in [0.1, 0.15) is 17.4 Å². The molecule has 1 aromatic carbocycles. The molecule has 0 N–H and O–H groups in total. The summed E-state index contributed by atoms with van der Waals surface area (Å²) in [5.74, 6) is 0.306. The van der Waals surface area contributed by atoms with Crippen LogP contribution in [0.2, 0.25) is 0 Å². The second-order valence-corrected chi connectivity index (χ2v) is 10.6. The number of benzene rings is 1. The molecule has 0 radical (unpaired) electrons. The maximum Gasteiger partial charge on any atom is 0.410 e. The lowest BCUT2D eigenvalue weighted by atomic mass is 10.1. The molecule has 192 valence electrons. The fourth-order valence-electron chi connectivity index (χ4n) is 4.46. The quantitative estimate of drug-likeness (QED) is 0.536. The van der Waals surface area contributed by atoms with E-state index in [1.807, 2.05) is 45.9 Å². The van der Waals surface area contributed by atoms with Gasteiger partial charge >= 0.3 is 6.09 Å². The largest absolute Gasteiger partial charge is 0.444 e. The first-order valence-electron chi connectivity index (χ1n) is 12.4. The Kier molecular flexibility index (Phi) is 6.19. The maximum absolute atomic E-state index is 13.1. The van der Waals surface area contributed by atoms with E-state index < -0.39 is 5.60 Å². The van der Waals surface area contributed by atoms with Crippen LogP contribution in [0.15, 0.2) is 36.8 Å². The highest BCUT2D eigenvalue weighted by molar-refractivity contribution is 5.92. The van der Waals surface area contributed by atoms with Crippen LogP contribution in [-0.2, 0) is 4.74 Å². The summed E-state index contributed by atoms with van der Waals surface area (Å²) in [4.78, 5) is 28.9. The lowest BCUT2D eigenvalue weighted by Crippen LogP contribution is -2.56. The van der Waals surface area contributed by atoms with E-state index in [0.717, 1.165) is 0 Å². The topological polar surface area (TPSA) is 122 Å². The monoisotopic (exact) mass is 502 g/mol. The molecule has 11 heteroatoms. The van der Waals surface area contributed by atoms with E-state index in [1.165, 1.54) is 23.1 Å². The lowest BCUT2D eigenvalue weighted by molar-refractivity contribution is 0.00190. The summed E-state index contributed by atoms with van der Waals surface area (Å²) in [7, 11) is 0. The molecule has 2 fully saturated rings. The Hall–Kier alpha value is -4.20. The van der Waals surface area contributed by atoms with Crippen LogP contribution in [0.1, 0.15) is 68.1 Å². The van der Waals surface area contributed by atoms with Gasteiger partial charge < -0.3 is 14.5 Å². The van der Waals surface area contributed by atoms with Crippen molar-refractivity contribution in [3.05, 3.63) is 53.6 Å². The van der Waals surface area contributed by atoms with Gasteiger partial charge in [0, 0.05) is 25.7 Å². The van der Waals surface area contributed by atoms with Crippen molar-refractivity contribution in [3.8, 4) is 17.4 Å². The first-order chi connectivity index (χ1) is 17.6. The van der Waals surface area contributed by atoms with Crippen molar-refractivity contribution in [1.82, 2.24) is 34.6 Å². The predicted octanol–water partition coefficient (Wildman–Crippen LogP) is 3.28. The Labute approximate surface area is 215 Å².